The minimum atomic E-state index is 0.0225. The number of nitrogens with one attached hydrogen (secondary N) is 1. The summed E-state index contributed by atoms with van der Waals surface area (Å²) in [7, 11) is 0. The number of halogens is 1. The first-order chi connectivity index (χ1) is 7.84. The van der Waals surface area contributed by atoms with Gasteiger partial charge in [0.15, 0.2) is 0 Å². The fourth-order valence-electron chi connectivity index (χ4n) is 3.01. The number of fused-ring (bicyclic) bond motifs is 1. The Hall–Kier alpha value is -0.890. The summed E-state index contributed by atoms with van der Waals surface area (Å²) in [6, 6.07) is 3.93. The lowest BCUT2D eigenvalue weighted by atomic mass is 9.87. The van der Waals surface area contributed by atoms with E-state index in [-0.39, 0.29) is 5.82 Å². The van der Waals surface area contributed by atoms with E-state index in [1.54, 1.807) is 6.07 Å². The highest BCUT2D eigenvalue weighted by atomic mass is 19.1. The molecule has 0 radical (unpaired) electrons. The highest BCUT2D eigenvalue weighted by Crippen LogP contribution is 2.30. The highest BCUT2D eigenvalue weighted by molar-refractivity contribution is 5.37. The molecule has 1 atom stereocenters. The molecule has 86 valence electrons. The molecule has 0 amide bonds. The first-order valence-corrected chi connectivity index (χ1v) is 6.36. The van der Waals surface area contributed by atoms with Crippen LogP contribution in [0.1, 0.15) is 41.9 Å². The van der Waals surface area contributed by atoms with Gasteiger partial charge in [-0.2, -0.15) is 0 Å². The molecule has 2 aliphatic rings. The van der Waals surface area contributed by atoms with Gasteiger partial charge in [0.25, 0.3) is 0 Å². The van der Waals surface area contributed by atoms with E-state index in [9.17, 15) is 4.39 Å². The fourth-order valence-corrected chi connectivity index (χ4v) is 3.01. The van der Waals surface area contributed by atoms with Crippen LogP contribution in [-0.4, -0.2) is 13.1 Å². The van der Waals surface area contributed by atoms with Crippen molar-refractivity contribution in [2.75, 3.05) is 13.1 Å². The molecule has 0 aromatic heterocycles. The average molecular weight is 219 g/mol. The number of aryl methyl sites for hydroxylation is 2. The van der Waals surface area contributed by atoms with Crippen LogP contribution in [0.25, 0.3) is 0 Å². The van der Waals surface area contributed by atoms with Gasteiger partial charge in [-0.05, 0) is 61.4 Å². The topological polar surface area (TPSA) is 12.0 Å². The summed E-state index contributed by atoms with van der Waals surface area (Å²) in [6.45, 7) is 1.97. The van der Waals surface area contributed by atoms with E-state index in [1.807, 2.05) is 0 Å². The van der Waals surface area contributed by atoms with Crippen molar-refractivity contribution >= 4 is 0 Å². The molecule has 1 N–H and O–H groups in total. The fraction of sp³-hybridized carbons (Fsp3) is 0.571. The SMILES string of the molecule is Fc1cc2c(cc1C1CCNC1)CCCC2. The zero-order valence-electron chi connectivity index (χ0n) is 9.56. The van der Waals surface area contributed by atoms with Crippen molar-refractivity contribution in [3.05, 3.63) is 34.6 Å². The Morgan fingerprint density at radius 1 is 1.12 bits per heavy atom. The van der Waals surface area contributed by atoms with Gasteiger partial charge < -0.3 is 5.32 Å². The van der Waals surface area contributed by atoms with Crippen LogP contribution in [0.15, 0.2) is 12.1 Å². The van der Waals surface area contributed by atoms with Crippen molar-refractivity contribution in [2.45, 2.75) is 38.0 Å². The number of rotatable bonds is 1. The lowest BCUT2D eigenvalue weighted by Gasteiger charge is -2.19. The van der Waals surface area contributed by atoms with Gasteiger partial charge in [-0.1, -0.05) is 6.07 Å². The lowest BCUT2D eigenvalue weighted by molar-refractivity contribution is 0.577. The molecule has 3 rings (SSSR count). The summed E-state index contributed by atoms with van der Waals surface area (Å²) < 4.78 is 14.0. The highest BCUT2D eigenvalue weighted by Gasteiger charge is 2.22. The molecule has 0 saturated carbocycles. The van der Waals surface area contributed by atoms with Crippen molar-refractivity contribution in [2.24, 2.45) is 0 Å². The zero-order chi connectivity index (χ0) is 11.0. The third-order valence-electron chi connectivity index (χ3n) is 3.96. The van der Waals surface area contributed by atoms with Gasteiger partial charge in [-0.3, -0.25) is 0 Å². The van der Waals surface area contributed by atoms with E-state index < -0.39 is 0 Å². The molecule has 16 heavy (non-hydrogen) atoms. The van der Waals surface area contributed by atoms with Gasteiger partial charge in [0.05, 0.1) is 0 Å². The molecule has 1 aromatic rings. The smallest absolute Gasteiger partial charge is 0.127 e. The van der Waals surface area contributed by atoms with Gasteiger partial charge in [0, 0.05) is 12.5 Å². The predicted molar refractivity (Wildman–Crippen MR) is 63.3 cm³/mol. The van der Waals surface area contributed by atoms with Crippen LogP contribution in [-0.2, 0) is 12.8 Å². The van der Waals surface area contributed by atoms with Crippen LogP contribution >= 0.6 is 0 Å². The van der Waals surface area contributed by atoms with Gasteiger partial charge in [-0.25, -0.2) is 4.39 Å². The van der Waals surface area contributed by atoms with Crippen LogP contribution in [0.4, 0.5) is 4.39 Å². The molecule has 0 spiro atoms. The lowest BCUT2D eigenvalue weighted by Crippen LogP contribution is -2.11. The van der Waals surface area contributed by atoms with Gasteiger partial charge in [-0.15, -0.1) is 0 Å². The first-order valence-electron chi connectivity index (χ1n) is 6.36. The summed E-state index contributed by atoms with van der Waals surface area (Å²) in [4.78, 5) is 0. The second-order valence-corrected chi connectivity index (χ2v) is 5.04. The molecule has 1 saturated heterocycles. The second kappa shape index (κ2) is 4.17. The predicted octanol–water partition coefficient (Wildman–Crippen LogP) is 2.78. The van der Waals surface area contributed by atoms with E-state index in [1.165, 1.54) is 24.0 Å². The summed E-state index contributed by atoms with van der Waals surface area (Å²) in [6.07, 6.45) is 5.77. The molecule has 1 aromatic carbocycles. The normalized spacial score (nSPS) is 24.4. The molecule has 1 aliphatic carbocycles. The second-order valence-electron chi connectivity index (χ2n) is 5.04. The van der Waals surface area contributed by atoms with Crippen molar-refractivity contribution in [3.8, 4) is 0 Å². The molecular formula is C14H18FN. The minimum Gasteiger partial charge on any atom is -0.316 e. The van der Waals surface area contributed by atoms with Crippen molar-refractivity contribution in [1.29, 1.82) is 0 Å². The Morgan fingerprint density at radius 2 is 1.88 bits per heavy atom. The molecule has 0 bridgehead atoms. The Morgan fingerprint density at radius 3 is 2.56 bits per heavy atom. The third-order valence-corrected chi connectivity index (χ3v) is 3.96. The van der Waals surface area contributed by atoms with E-state index in [2.05, 4.69) is 11.4 Å². The Bertz CT molecular complexity index is 394. The number of hydrogen-bond acceptors (Lipinski definition) is 1. The van der Waals surface area contributed by atoms with E-state index in [0.717, 1.165) is 37.9 Å². The molecule has 1 heterocycles. The average Bonchev–Trinajstić information content (AvgIpc) is 2.81. The van der Waals surface area contributed by atoms with Crippen LogP contribution in [0, 0.1) is 5.82 Å². The third kappa shape index (κ3) is 1.75. The Kier molecular flexibility index (Phi) is 2.68. The minimum absolute atomic E-state index is 0.0225. The molecule has 1 aliphatic heterocycles. The maximum absolute atomic E-state index is 14.0. The number of benzene rings is 1. The first kappa shape index (κ1) is 10.3. The Balaban J connectivity index is 1.98. The van der Waals surface area contributed by atoms with Crippen LogP contribution in [0.3, 0.4) is 0 Å². The van der Waals surface area contributed by atoms with E-state index in [4.69, 9.17) is 0 Å². The van der Waals surface area contributed by atoms with Crippen molar-refractivity contribution in [3.63, 3.8) is 0 Å². The van der Waals surface area contributed by atoms with E-state index >= 15 is 0 Å². The van der Waals surface area contributed by atoms with Gasteiger partial charge in [0.1, 0.15) is 5.82 Å². The number of hydrogen-bond donors (Lipinski definition) is 1. The zero-order valence-corrected chi connectivity index (χ0v) is 9.56. The summed E-state index contributed by atoms with van der Waals surface area (Å²) in [5.74, 6) is 0.418. The standard InChI is InChI=1S/C14H18FN/c15-14-8-11-4-2-1-3-10(11)7-13(14)12-5-6-16-9-12/h7-8,12,16H,1-6,9H2. The molecule has 2 heteroatoms. The maximum atomic E-state index is 14.0. The van der Waals surface area contributed by atoms with Crippen molar-refractivity contribution in [1.82, 2.24) is 5.32 Å². The van der Waals surface area contributed by atoms with Crippen molar-refractivity contribution < 1.29 is 4.39 Å². The van der Waals surface area contributed by atoms with Crippen LogP contribution < -0.4 is 5.32 Å². The van der Waals surface area contributed by atoms with Gasteiger partial charge in [0.2, 0.25) is 0 Å². The van der Waals surface area contributed by atoms with Crippen LogP contribution in [0.5, 0.6) is 0 Å². The molecule has 1 fully saturated rings. The molecular weight excluding hydrogens is 201 g/mol. The Labute approximate surface area is 96.1 Å². The van der Waals surface area contributed by atoms with E-state index in [0.29, 0.717) is 5.92 Å². The maximum Gasteiger partial charge on any atom is 0.127 e. The summed E-state index contributed by atoms with van der Waals surface area (Å²) in [5, 5.41) is 3.31. The summed E-state index contributed by atoms with van der Waals surface area (Å²) in [5.41, 5.74) is 3.60. The monoisotopic (exact) mass is 219 g/mol. The largest absolute Gasteiger partial charge is 0.316 e. The summed E-state index contributed by atoms with van der Waals surface area (Å²) >= 11 is 0. The molecule has 1 unspecified atom stereocenters. The quantitative estimate of drug-likeness (QED) is 0.766. The molecule has 1 nitrogen and oxygen atoms in total. The van der Waals surface area contributed by atoms with Crippen LogP contribution in [0.2, 0.25) is 0 Å². The van der Waals surface area contributed by atoms with Gasteiger partial charge >= 0.3 is 0 Å².